The molecule has 1 amide bonds. The molecule has 4 rings (SSSR count). The Morgan fingerprint density at radius 1 is 0.872 bits per heavy atom. The molecule has 1 heterocycles. The van der Waals surface area contributed by atoms with Crippen LogP contribution in [0.5, 0.6) is 11.5 Å². The number of amides is 1. The normalized spacial score (nSPS) is 12.3. The maximum absolute atomic E-state index is 14.4. The van der Waals surface area contributed by atoms with Gasteiger partial charge < -0.3 is 34.7 Å². The van der Waals surface area contributed by atoms with E-state index in [0.29, 0.717) is 50.8 Å². The summed E-state index contributed by atoms with van der Waals surface area (Å²) in [4.78, 5) is 25.4. The molecule has 12 heteroatoms. The van der Waals surface area contributed by atoms with Gasteiger partial charge in [-0.3, -0.25) is 9.59 Å². The van der Waals surface area contributed by atoms with Crippen molar-refractivity contribution in [2.24, 2.45) is 0 Å². The first-order chi connectivity index (χ1) is 21.9. The number of ether oxygens (including phenoxy) is 2. The standard InChI is InChI=1S/C35H38F2N2O7.Ca.2H/c1-20(2)33-32(35(44)38-28-14-13-27(45-3)19-29(28)46-4)31(21-5-9-23(36)10-6-21)34(22-7-11-24(37)12-8-22)39(33)16-15-25(40)17-26(41)18-30(42)43;;;/h5-14,19-20,25-26,40-41H,15-18H2,1-4H3,(H,38,44)(H,42,43);;;. The minimum atomic E-state index is -1.24. The van der Waals surface area contributed by atoms with Gasteiger partial charge in [-0.05, 0) is 78.4 Å². The van der Waals surface area contributed by atoms with Crippen LogP contribution >= 0.6 is 0 Å². The molecule has 0 radical (unpaired) electrons. The van der Waals surface area contributed by atoms with Crippen LogP contribution in [0, 0.1) is 11.6 Å². The summed E-state index contributed by atoms with van der Waals surface area (Å²) in [6, 6.07) is 16.4. The summed E-state index contributed by atoms with van der Waals surface area (Å²) >= 11 is 0. The summed E-state index contributed by atoms with van der Waals surface area (Å²) in [6.45, 7) is 3.98. The fourth-order valence-corrected chi connectivity index (χ4v) is 5.59. The first-order valence-corrected chi connectivity index (χ1v) is 14.8. The zero-order valence-corrected chi connectivity index (χ0v) is 26.1. The number of halogens is 2. The van der Waals surface area contributed by atoms with Gasteiger partial charge in [0.2, 0.25) is 0 Å². The number of carbonyl (C=O) groups excluding carboxylic acids is 1. The molecule has 0 bridgehead atoms. The van der Waals surface area contributed by atoms with E-state index in [2.05, 4.69) is 5.32 Å². The van der Waals surface area contributed by atoms with Crippen molar-refractivity contribution in [1.29, 1.82) is 0 Å². The Balaban J connectivity index is 0.00000600. The van der Waals surface area contributed by atoms with E-state index < -0.39 is 42.1 Å². The number of benzene rings is 3. The summed E-state index contributed by atoms with van der Waals surface area (Å²) in [5, 5.41) is 32.9. The monoisotopic (exact) mass is 678 g/mol. The van der Waals surface area contributed by atoms with Crippen LogP contribution in [0.15, 0.2) is 66.7 Å². The van der Waals surface area contributed by atoms with Crippen molar-refractivity contribution < 1.29 is 43.2 Å². The zero-order valence-electron chi connectivity index (χ0n) is 26.1. The van der Waals surface area contributed by atoms with E-state index in [-0.39, 0.29) is 63.0 Å². The summed E-state index contributed by atoms with van der Waals surface area (Å²) in [5.74, 6) is -1.94. The number of rotatable bonds is 14. The fraction of sp³-hybridized carbons (Fsp3) is 0.314. The molecule has 4 aromatic rings. The predicted molar refractivity (Wildman–Crippen MR) is 179 cm³/mol. The molecule has 9 nitrogen and oxygen atoms in total. The fourth-order valence-electron chi connectivity index (χ4n) is 5.59. The topological polar surface area (TPSA) is 130 Å². The molecule has 0 spiro atoms. The van der Waals surface area contributed by atoms with Gasteiger partial charge in [0.25, 0.3) is 5.91 Å². The second kappa shape index (κ2) is 17.1. The molecule has 0 aliphatic carbocycles. The van der Waals surface area contributed by atoms with E-state index in [0.717, 1.165) is 0 Å². The molecule has 0 saturated carbocycles. The van der Waals surface area contributed by atoms with Crippen LogP contribution in [0.25, 0.3) is 22.4 Å². The summed E-state index contributed by atoms with van der Waals surface area (Å²) in [7, 11) is 2.98. The first kappa shape index (κ1) is 38.0. The van der Waals surface area contributed by atoms with Crippen LogP contribution < -0.4 is 14.8 Å². The van der Waals surface area contributed by atoms with E-state index in [1.54, 1.807) is 42.5 Å². The number of aliphatic hydroxyl groups excluding tert-OH is 2. The summed E-state index contributed by atoms with van der Waals surface area (Å²) < 4.78 is 40.9. The van der Waals surface area contributed by atoms with Crippen molar-refractivity contribution in [1.82, 2.24) is 4.57 Å². The number of nitrogens with one attached hydrogen (secondary N) is 1. The molecule has 1 aromatic heterocycles. The molecule has 3 aromatic carbocycles. The maximum atomic E-state index is 14.4. The van der Waals surface area contributed by atoms with Gasteiger partial charge in [-0.1, -0.05) is 26.0 Å². The number of carboxylic acids is 1. The Morgan fingerprint density at radius 3 is 2.00 bits per heavy atom. The summed E-state index contributed by atoms with van der Waals surface area (Å²) in [5.41, 5.74) is 3.39. The number of anilines is 1. The number of carbonyl (C=O) groups is 2. The summed E-state index contributed by atoms with van der Waals surface area (Å²) in [6.07, 6.45) is -2.87. The molecule has 0 fully saturated rings. The van der Waals surface area contributed by atoms with E-state index in [1.807, 2.05) is 18.4 Å². The number of aliphatic hydroxyl groups is 2. The Hall–Kier alpha value is -3.48. The zero-order chi connectivity index (χ0) is 33.5. The average Bonchev–Trinajstić information content (AvgIpc) is 3.36. The number of aromatic nitrogens is 1. The van der Waals surface area contributed by atoms with Crippen LogP contribution in [-0.4, -0.2) is 95.9 Å². The average molecular weight is 679 g/mol. The van der Waals surface area contributed by atoms with Gasteiger partial charge in [-0.15, -0.1) is 0 Å². The van der Waals surface area contributed by atoms with Gasteiger partial charge >= 0.3 is 43.7 Å². The predicted octanol–water partition coefficient (Wildman–Crippen LogP) is 5.55. The van der Waals surface area contributed by atoms with Crippen molar-refractivity contribution >= 4 is 55.3 Å². The molecule has 47 heavy (non-hydrogen) atoms. The molecule has 0 saturated heterocycles. The molecule has 2 unspecified atom stereocenters. The third-order valence-electron chi connectivity index (χ3n) is 7.63. The Labute approximate surface area is 302 Å². The molecule has 0 aliphatic heterocycles. The number of hydrogen-bond acceptors (Lipinski definition) is 6. The van der Waals surface area contributed by atoms with Crippen molar-refractivity contribution in [3.63, 3.8) is 0 Å². The van der Waals surface area contributed by atoms with E-state index in [9.17, 15) is 28.6 Å². The van der Waals surface area contributed by atoms with Crippen molar-refractivity contribution in [2.75, 3.05) is 19.5 Å². The van der Waals surface area contributed by atoms with E-state index >= 15 is 0 Å². The number of hydrogen-bond donors (Lipinski definition) is 4. The van der Waals surface area contributed by atoms with Gasteiger partial charge in [0.1, 0.15) is 23.1 Å². The Morgan fingerprint density at radius 2 is 1.47 bits per heavy atom. The quantitative estimate of drug-likeness (QED) is 0.129. The van der Waals surface area contributed by atoms with Gasteiger partial charge in [-0.2, -0.15) is 0 Å². The molecular weight excluding hydrogens is 638 g/mol. The van der Waals surface area contributed by atoms with Crippen molar-refractivity contribution in [2.45, 2.75) is 57.8 Å². The molecule has 0 aliphatic rings. The molecule has 4 N–H and O–H groups in total. The first-order valence-electron chi connectivity index (χ1n) is 14.8. The number of nitrogens with zero attached hydrogens (tertiary/aromatic N) is 1. The number of aliphatic carboxylic acids is 1. The van der Waals surface area contributed by atoms with Crippen LogP contribution in [0.1, 0.15) is 55.1 Å². The van der Waals surface area contributed by atoms with Crippen molar-refractivity contribution in [3.8, 4) is 33.9 Å². The van der Waals surface area contributed by atoms with Crippen LogP contribution in [0.2, 0.25) is 0 Å². The van der Waals surface area contributed by atoms with Crippen LogP contribution in [-0.2, 0) is 11.3 Å². The third kappa shape index (κ3) is 9.33. The van der Waals surface area contributed by atoms with Crippen molar-refractivity contribution in [3.05, 3.63) is 89.6 Å². The van der Waals surface area contributed by atoms with Crippen LogP contribution in [0.3, 0.4) is 0 Å². The number of carboxylic acid groups (broad SMARTS) is 1. The van der Waals surface area contributed by atoms with Gasteiger partial charge in [0.15, 0.2) is 0 Å². The SMILES string of the molecule is COc1ccc(NC(=O)c2c(-c3ccc(F)cc3)c(-c3ccc(F)cc3)n(CCC(O)CC(O)CC(=O)O)c2C(C)C)c(OC)c1.[CaH2]. The second-order valence-electron chi connectivity index (χ2n) is 11.3. The van der Waals surface area contributed by atoms with Gasteiger partial charge in [0, 0.05) is 23.9 Å². The molecule has 2 atom stereocenters. The Kier molecular flexibility index (Phi) is 13.8. The second-order valence-corrected chi connectivity index (χ2v) is 11.3. The van der Waals surface area contributed by atoms with Gasteiger partial charge in [0.05, 0.1) is 49.8 Å². The van der Waals surface area contributed by atoms with E-state index in [1.165, 1.54) is 38.5 Å². The van der Waals surface area contributed by atoms with Crippen LogP contribution in [0.4, 0.5) is 14.5 Å². The molecular formula is C35H40CaF2N2O7. The Bertz CT molecular complexity index is 1670. The van der Waals surface area contributed by atoms with E-state index in [4.69, 9.17) is 14.6 Å². The molecule has 248 valence electrons. The minimum absolute atomic E-state index is 0. The van der Waals surface area contributed by atoms with Gasteiger partial charge in [-0.25, -0.2) is 8.78 Å². The number of methoxy groups -OCH3 is 2. The third-order valence-corrected chi connectivity index (χ3v) is 7.63.